The molecule has 1 aliphatic heterocycles. The summed E-state index contributed by atoms with van der Waals surface area (Å²) in [7, 11) is -3.94. The molecule has 37 heavy (non-hydrogen) atoms. The van der Waals surface area contributed by atoms with Gasteiger partial charge in [0.2, 0.25) is 16.8 Å². The highest BCUT2D eigenvalue weighted by Gasteiger charge is 2.27. The number of hydrogen-bond acceptors (Lipinski definition) is 5. The van der Waals surface area contributed by atoms with Gasteiger partial charge in [0.15, 0.2) is 11.5 Å². The summed E-state index contributed by atoms with van der Waals surface area (Å²) in [5, 5.41) is 0.851. The Morgan fingerprint density at radius 2 is 1.65 bits per heavy atom. The normalized spacial score (nSPS) is 13.4. The predicted molar refractivity (Wildman–Crippen MR) is 143 cm³/mol. The summed E-state index contributed by atoms with van der Waals surface area (Å²) >= 11 is 0. The molecular formula is C29H30N2O5S. The van der Waals surface area contributed by atoms with Crippen molar-refractivity contribution in [1.29, 1.82) is 0 Å². The largest absolute Gasteiger partial charge is 0.454 e. The molecular weight excluding hydrogens is 488 g/mol. The Hall–Kier alpha value is -3.62. The number of benzene rings is 3. The Kier molecular flexibility index (Phi) is 6.33. The van der Waals surface area contributed by atoms with Crippen LogP contribution >= 0.6 is 0 Å². The minimum Gasteiger partial charge on any atom is -0.454 e. The number of fused-ring (bicyclic) bond motifs is 2. The molecule has 0 amide bonds. The zero-order chi connectivity index (χ0) is 26.4. The van der Waals surface area contributed by atoms with E-state index >= 15 is 0 Å². The van der Waals surface area contributed by atoms with E-state index in [0.29, 0.717) is 17.1 Å². The van der Waals surface area contributed by atoms with Gasteiger partial charge in [0, 0.05) is 18.7 Å². The maximum Gasteiger partial charge on any atom is 0.252 e. The summed E-state index contributed by atoms with van der Waals surface area (Å²) in [4.78, 5) is 16.1. The SMILES string of the molecule is Cc1cccc2cc(CN(Cc3ccc4c(c3)OCO4)S(=O)(=O)c3ccc(C(C)(C)C)cc3)c(=O)[nH]c12. The molecule has 0 spiro atoms. The van der Waals surface area contributed by atoms with Crippen molar-refractivity contribution in [3.8, 4) is 11.5 Å². The number of nitrogens with zero attached hydrogens (tertiary/aromatic N) is 1. The molecule has 5 rings (SSSR count). The summed E-state index contributed by atoms with van der Waals surface area (Å²) in [6.07, 6.45) is 0. The molecule has 0 bridgehead atoms. The molecule has 0 saturated heterocycles. The van der Waals surface area contributed by atoms with Gasteiger partial charge in [-0.1, -0.05) is 57.2 Å². The Balaban J connectivity index is 1.55. The zero-order valence-electron chi connectivity index (χ0n) is 21.4. The van der Waals surface area contributed by atoms with Crippen molar-refractivity contribution in [2.75, 3.05) is 6.79 Å². The molecule has 0 radical (unpaired) electrons. The topological polar surface area (TPSA) is 88.7 Å². The number of ether oxygens (including phenoxy) is 2. The highest BCUT2D eigenvalue weighted by molar-refractivity contribution is 7.89. The molecule has 0 atom stereocenters. The van der Waals surface area contributed by atoms with Gasteiger partial charge < -0.3 is 14.5 Å². The summed E-state index contributed by atoms with van der Waals surface area (Å²) in [6, 6.07) is 19.8. The molecule has 0 unspecified atom stereocenters. The van der Waals surface area contributed by atoms with Gasteiger partial charge in [0.1, 0.15) is 0 Å². The number of pyridine rings is 1. The van der Waals surface area contributed by atoms with Gasteiger partial charge in [-0.3, -0.25) is 4.79 Å². The number of aromatic amines is 1. The molecule has 0 fully saturated rings. The fourth-order valence-electron chi connectivity index (χ4n) is 4.48. The van der Waals surface area contributed by atoms with Gasteiger partial charge in [-0.25, -0.2) is 8.42 Å². The third kappa shape index (κ3) is 4.99. The molecule has 0 saturated carbocycles. The second kappa shape index (κ2) is 9.36. The first kappa shape index (κ1) is 25.0. The maximum absolute atomic E-state index is 13.9. The molecule has 1 N–H and O–H groups in total. The molecule has 1 aliphatic rings. The van der Waals surface area contributed by atoms with Crippen LogP contribution in [-0.2, 0) is 28.5 Å². The molecule has 0 aliphatic carbocycles. The fraction of sp³-hybridized carbons (Fsp3) is 0.276. The number of hydrogen-bond donors (Lipinski definition) is 1. The average Bonchev–Trinajstić information content (AvgIpc) is 3.32. The third-order valence-corrected chi connectivity index (χ3v) is 8.47. The number of nitrogens with one attached hydrogen (secondary N) is 1. The van der Waals surface area contributed by atoms with E-state index in [0.717, 1.165) is 27.6 Å². The van der Waals surface area contributed by atoms with Crippen molar-refractivity contribution in [3.05, 3.63) is 99.3 Å². The summed E-state index contributed by atoms with van der Waals surface area (Å²) in [5.74, 6) is 1.20. The van der Waals surface area contributed by atoms with Crippen molar-refractivity contribution < 1.29 is 17.9 Å². The van der Waals surface area contributed by atoms with Crippen LogP contribution < -0.4 is 15.0 Å². The zero-order valence-corrected chi connectivity index (χ0v) is 22.2. The van der Waals surface area contributed by atoms with Gasteiger partial charge >= 0.3 is 0 Å². The average molecular weight is 519 g/mol. The van der Waals surface area contributed by atoms with E-state index in [1.165, 1.54) is 4.31 Å². The number of aromatic nitrogens is 1. The van der Waals surface area contributed by atoms with Gasteiger partial charge in [0.25, 0.3) is 5.56 Å². The van der Waals surface area contributed by atoms with Crippen LogP contribution in [0.3, 0.4) is 0 Å². The van der Waals surface area contributed by atoms with Crippen LogP contribution in [0, 0.1) is 6.92 Å². The minimum atomic E-state index is -3.94. The van der Waals surface area contributed by atoms with Crippen LogP contribution in [0.2, 0.25) is 0 Å². The predicted octanol–water partition coefficient (Wildman–Crippen LogP) is 5.25. The Morgan fingerprint density at radius 3 is 2.38 bits per heavy atom. The van der Waals surface area contributed by atoms with Crippen LogP contribution in [0.25, 0.3) is 10.9 Å². The van der Waals surface area contributed by atoms with E-state index in [4.69, 9.17) is 9.47 Å². The fourth-order valence-corrected chi connectivity index (χ4v) is 5.89. The van der Waals surface area contributed by atoms with Gasteiger partial charge in [-0.15, -0.1) is 0 Å². The number of H-pyrrole nitrogens is 1. The highest BCUT2D eigenvalue weighted by atomic mass is 32.2. The molecule has 8 heteroatoms. The van der Waals surface area contributed by atoms with E-state index in [1.54, 1.807) is 30.3 Å². The maximum atomic E-state index is 13.9. The Labute approximate surface area is 216 Å². The second-order valence-corrected chi connectivity index (χ2v) is 12.3. The Morgan fingerprint density at radius 1 is 0.919 bits per heavy atom. The third-order valence-electron chi connectivity index (χ3n) is 6.67. The van der Waals surface area contributed by atoms with Crippen LogP contribution in [0.15, 0.2) is 76.4 Å². The van der Waals surface area contributed by atoms with Crippen LogP contribution in [0.4, 0.5) is 0 Å². The van der Waals surface area contributed by atoms with E-state index in [9.17, 15) is 13.2 Å². The summed E-state index contributed by atoms with van der Waals surface area (Å²) in [5.41, 5.74) is 3.42. The molecule has 4 aromatic rings. The van der Waals surface area contributed by atoms with E-state index in [2.05, 4.69) is 25.8 Å². The van der Waals surface area contributed by atoms with E-state index in [-0.39, 0.29) is 35.8 Å². The van der Waals surface area contributed by atoms with E-state index in [1.807, 2.05) is 43.3 Å². The van der Waals surface area contributed by atoms with Crippen molar-refractivity contribution >= 4 is 20.9 Å². The highest BCUT2D eigenvalue weighted by Crippen LogP contribution is 2.34. The standard InChI is InChI=1S/C29H30N2O5S/c1-19-6-5-7-21-15-22(28(32)30-27(19)21)17-31(16-20-8-13-25-26(14-20)36-18-35-25)37(33,34)24-11-9-23(10-12-24)29(2,3)4/h5-15H,16-18H2,1-4H3,(H,30,32). The van der Waals surface area contributed by atoms with E-state index < -0.39 is 10.0 Å². The lowest BCUT2D eigenvalue weighted by molar-refractivity contribution is 0.174. The summed E-state index contributed by atoms with van der Waals surface area (Å²) in [6.45, 7) is 8.27. The van der Waals surface area contributed by atoms with Gasteiger partial charge in [0.05, 0.1) is 10.4 Å². The Bertz CT molecular complexity index is 1630. The smallest absolute Gasteiger partial charge is 0.252 e. The van der Waals surface area contributed by atoms with Crippen LogP contribution in [0.1, 0.15) is 43.0 Å². The molecule has 2 heterocycles. The number of sulfonamides is 1. The lowest BCUT2D eigenvalue weighted by atomic mass is 9.87. The molecule has 3 aromatic carbocycles. The first-order chi connectivity index (χ1) is 17.5. The first-order valence-corrected chi connectivity index (χ1v) is 13.6. The lowest BCUT2D eigenvalue weighted by Crippen LogP contribution is -2.32. The second-order valence-electron chi connectivity index (χ2n) is 10.4. The number of aryl methyl sites for hydroxylation is 1. The monoisotopic (exact) mass is 518 g/mol. The quantitative estimate of drug-likeness (QED) is 0.376. The van der Waals surface area contributed by atoms with Crippen molar-refractivity contribution in [2.24, 2.45) is 0 Å². The molecule has 7 nitrogen and oxygen atoms in total. The van der Waals surface area contributed by atoms with Crippen molar-refractivity contribution in [1.82, 2.24) is 9.29 Å². The minimum absolute atomic E-state index is 0.0608. The first-order valence-electron chi connectivity index (χ1n) is 12.1. The van der Waals surface area contributed by atoms with Crippen LogP contribution in [-0.4, -0.2) is 24.5 Å². The molecule has 1 aromatic heterocycles. The summed E-state index contributed by atoms with van der Waals surface area (Å²) < 4.78 is 40.1. The van der Waals surface area contributed by atoms with Crippen LogP contribution in [0.5, 0.6) is 11.5 Å². The number of rotatable bonds is 6. The van der Waals surface area contributed by atoms with Gasteiger partial charge in [-0.05, 0) is 64.7 Å². The van der Waals surface area contributed by atoms with Crippen molar-refractivity contribution in [2.45, 2.75) is 51.1 Å². The van der Waals surface area contributed by atoms with Gasteiger partial charge in [-0.2, -0.15) is 4.31 Å². The number of para-hydroxylation sites is 1. The lowest BCUT2D eigenvalue weighted by Gasteiger charge is -2.24. The van der Waals surface area contributed by atoms with Crippen molar-refractivity contribution in [3.63, 3.8) is 0 Å². The molecule has 192 valence electrons.